The third-order valence-corrected chi connectivity index (χ3v) is 6.70. The largest absolute Gasteiger partial charge is 0.376 e. The van der Waals surface area contributed by atoms with E-state index in [1.807, 2.05) is 31.2 Å². The van der Waals surface area contributed by atoms with E-state index >= 15 is 0 Å². The number of benzene rings is 1. The molecular weight excluding hydrogens is 388 g/mol. The molecule has 8 heteroatoms. The fourth-order valence-corrected chi connectivity index (χ4v) is 5.07. The lowest BCUT2D eigenvalue weighted by Gasteiger charge is -2.29. The van der Waals surface area contributed by atoms with Gasteiger partial charge < -0.3 is 4.74 Å². The first-order valence-electron chi connectivity index (χ1n) is 6.80. The van der Waals surface area contributed by atoms with Crippen molar-refractivity contribution in [2.45, 2.75) is 18.1 Å². The van der Waals surface area contributed by atoms with Crippen LogP contribution in [0, 0.1) is 0 Å². The SMILES string of the molecule is CC1CN(S(=O)(=O)c2csc(-c3ccc(Br)cc3)n2)CCO1. The van der Waals surface area contributed by atoms with Crippen LogP contribution in [0.1, 0.15) is 6.92 Å². The number of sulfonamides is 1. The van der Waals surface area contributed by atoms with E-state index in [-0.39, 0.29) is 11.1 Å². The quantitative estimate of drug-likeness (QED) is 0.791. The molecule has 1 atom stereocenters. The van der Waals surface area contributed by atoms with Crippen molar-refractivity contribution in [2.24, 2.45) is 0 Å². The maximum Gasteiger partial charge on any atom is 0.261 e. The first-order chi connectivity index (χ1) is 10.5. The molecule has 0 N–H and O–H groups in total. The fourth-order valence-electron chi connectivity index (χ4n) is 2.24. The summed E-state index contributed by atoms with van der Waals surface area (Å²) in [5, 5.41) is 2.42. The molecule has 3 rings (SSSR count). The number of thiazole rings is 1. The normalized spacial score (nSPS) is 20.2. The molecule has 1 aliphatic heterocycles. The van der Waals surface area contributed by atoms with Gasteiger partial charge in [0.15, 0.2) is 5.03 Å². The lowest BCUT2D eigenvalue weighted by molar-refractivity contribution is 0.0101. The van der Waals surface area contributed by atoms with Gasteiger partial charge in [-0.05, 0) is 19.1 Å². The highest BCUT2D eigenvalue weighted by atomic mass is 79.9. The number of aromatic nitrogens is 1. The van der Waals surface area contributed by atoms with Crippen molar-refractivity contribution in [3.63, 3.8) is 0 Å². The van der Waals surface area contributed by atoms with Crippen LogP contribution in [0.15, 0.2) is 39.1 Å². The lowest BCUT2D eigenvalue weighted by Crippen LogP contribution is -2.44. The van der Waals surface area contributed by atoms with Crippen molar-refractivity contribution in [1.82, 2.24) is 9.29 Å². The summed E-state index contributed by atoms with van der Waals surface area (Å²) in [5.41, 5.74) is 0.907. The maximum atomic E-state index is 12.6. The van der Waals surface area contributed by atoms with E-state index in [0.717, 1.165) is 10.0 Å². The molecule has 1 unspecified atom stereocenters. The minimum Gasteiger partial charge on any atom is -0.376 e. The first kappa shape index (κ1) is 16.1. The summed E-state index contributed by atoms with van der Waals surface area (Å²) >= 11 is 4.72. The van der Waals surface area contributed by atoms with Crippen molar-refractivity contribution in [3.8, 4) is 10.6 Å². The van der Waals surface area contributed by atoms with Crippen LogP contribution in [0.5, 0.6) is 0 Å². The standard InChI is InChI=1S/C14H15BrN2O3S2/c1-10-8-17(6-7-20-10)22(18,19)13-9-21-14(16-13)11-2-4-12(15)5-3-11/h2-5,9-10H,6-8H2,1H3. The average Bonchev–Trinajstić information content (AvgIpc) is 2.98. The zero-order valence-electron chi connectivity index (χ0n) is 11.9. The van der Waals surface area contributed by atoms with Crippen LogP contribution in [0.3, 0.4) is 0 Å². The van der Waals surface area contributed by atoms with E-state index in [9.17, 15) is 8.42 Å². The van der Waals surface area contributed by atoms with E-state index in [2.05, 4.69) is 20.9 Å². The Morgan fingerprint density at radius 1 is 1.36 bits per heavy atom. The second-order valence-electron chi connectivity index (χ2n) is 5.04. The van der Waals surface area contributed by atoms with Crippen molar-refractivity contribution in [1.29, 1.82) is 0 Å². The number of hydrogen-bond acceptors (Lipinski definition) is 5. The Labute approximate surface area is 142 Å². The molecule has 1 aromatic heterocycles. The minimum atomic E-state index is -3.55. The summed E-state index contributed by atoms with van der Waals surface area (Å²) in [7, 11) is -3.55. The van der Waals surface area contributed by atoms with E-state index in [1.165, 1.54) is 15.6 Å². The van der Waals surface area contributed by atoms with E-state index in [1.54, 1.807) is 5.38 Å². The number of ether oxygens (including phenoxy) is 1. The first-order valence-corrected chi connectivity index (χ1v) is 9.91. The molecule has 0 radical (unpaired) electrons. The van der Waals surface area contributed by atoms with Crippen LogP contribution in [0.2, 0.25) is 0 Å². The lowest BCUT2D eigenvalue weighted by atomic mass is 10.2. The van der Waals surface area contributed by atoms with Crippen molar-refractivity contribution in [2.75, 3.05) is 19.7 Å². The van der Waals surface area contributed by atoms with Gasteiger partial charge in [-0.2, -0.15) is 4.31 Å². The van der Waals surface area contributed by atoms with Gasteiger partial charge in [0.25, 0.3) is 10.0 Å². The summed E-state index contributed by atoms with van der Waals surface area (Å²) < 4.78 is 33.1. The molecule has 2 heterocycles. The molecule has 1 aliphatic rings. The number of hydrogen-bond donors (Lipinski definition) is 0. The molecule has 2 aromatic rings. The van der Waals surface area contributed by atoms with Crippen LogP contribution >= 0.6 is 27.3 Å². The van der Waals surface area contributed by atoms with Crippen LogP contribution in [0.25, 0.3) is 10.6 Å². The van der Waals surface area contributed by atoms with Crippen LogP contribution < -0.4 is 0 Å². The Morgan fingerprint density at radius 2 is 2.09 bits per heavy atom. The van der Waals surface area contributed by atoms with Gasteiger partial charge in [-0.1, -0.05) is 28.1 Å². The average molecular weight is 403 g/mol. The van der Waals surface area contributed by atoms with Gasteiger partial charge in [-0.3, -0.25) is 0 Å². The highest BCUT2D eigenvalue weighted by molar-refractivity contribution is 9.10. The van der Waals surface area contributed by atoms with Gasteiger partial charge in [0.1, 0.15) is 5.01 Å². The van der Waals surface area contributed by atoms with Crippen LogP contribution in [0.4, 0.5) is 0 Å². The highest BCUT2D eigenvalue weighted by Gasteiger charge is 2.31. The third-order valence-electron chi connectivity index (χ3n) is 3.38. The molecule has 1 aromatic carbocycles. The molecule has 0 aliphatic carbocycles. The van der Waals surface area contributed by atoms with Gasteiger partial charge in [-0.25, -0.2) is 13.4 Å². The molecule has 1 fully saturated rings. The van der Waals surface area contributed by atoms with Crippen molar-refractivity contribution < 1.29 is 13.2 Å². The third kappa shape index (κ3) is 3.26. The molecule has 0 spiro atoms. The number of halogens is 1. The van der Waals surface area contributed by atoms with Gasteiger partial charge in [0.2, 0.25) is 0 Å². The topological polar surface area (TPSA) is 59.5 Å². The molecule has 22 heavy (non-hydrogen) atoms. The number of rotatable bonds is 3. The predicted molar refractivity (Wildman–Crippen MR) is 89.4 cm³/mol. The Bertz CT molecular complexity index is 759. The Morgan fingerprint density at radius 3 is 2.77 bits per heavy atom. The molecule has 5 nitrogen and oxygen atoms in total. The zero-order chi connectivity index (χ0) is 15.7. The second kappa shape index (κ2) is 6.37. The summed E-state index contributed by atoms with van der Waals surface area (Å²) in [6, 6.07) is 7.65. The Hall–Kier alpha value is -0.800. The summed E-state index contributed by atoms with van der Waals surface area (Å²) in [6.07, 6.45) is -0.0897. The monoisotopic (exact) mass is 402 g/mol. The predicted octanol–water partition coefficient (Wildman–Crippen LogP) is 2.98. The molecule has 0 amide bonds. The van der Waals surface area contributed by atoms with Gasteiger partial charge in [0, 0.05) is 28.5 Å². The molecule has 0 saturated carbocycles. The Balaban J connectivity index is 1.87. The zero-order valence-corrected chi connectivity index (χ0v) is 15.1. The fraction of sp³-hybridized carbons (Fsp3) is 0.357. The summed E-state index contributed by atoms with van der Waals surface area (Å²) in [6.45, 7) is 3.03. The highest BCUT2D eigenvalue weighted by Crippen LogP contribution is 2.28. The summed E-state index contributed by atoms with van der Waals surface area (Å²) in [5.74, 6) is 0. The van der Waals surface area contributed by atoms with Gasteiger partial charge in [0.05, 0.1) is 12.7 Å². The van der Waals surface area contributed by atoms with Crippen molar-refractivity contribution >= 4 is 37.3 Å². The van der Waals surface area contributed by atoms with Crippen LogP contribution in [-0.2, 0) is 14.8 Å². The molecular formula is C14H15BrN2O3S2. The smallest absolute Gasteiger partial charge is 0.261 e. The maximum absolute atomic E-state index is 12.6. The Kier molecular flexibility index (Phi) is 4.65. The molecule has 118 valence electrons. The van der Waals surface area contributed by atoms with Crippen LogP contribution in [-0.4, -0.2) is 43.5 Å². The number of nitrogens with zero attached hydrogens (tertiary/aromatic N) is 2. The van der Waals surface area contributed by atoms with Gasteiger partial charge in [-0.15, -0.1) is 11.3 Å². The molecule has 0 bridgehead atoms. The van der Waals surface area contributed by atoms with E-state index in [0.29, 0.717) is 24.7 Å². The minimum absolute atomic E-state index is 0.0897. The second-order valence-corrected chi connectivity index (χ2v) is 8.70. The number of morpholine rings is 1. The van der Waals surface area contributed by atoms with Crippen molar-refractivity contribution in [3.05, 3.63) is 34.1 Å². The van der Waals surface area contributed by atoms with Gasteiger partial charge >= 0.3 is 0 Å². The molecule has 1 saturated heterocycles. The van der Waals surface area contributed by atoms with E-state index < -0.39 is 10.0 Å². The summed E-state index contributed by atoms with van der Waals surface area (Å²) in [4.78, 5) is 4.31. The van der Waals surface area contributed by atoms with E-state index in [4.69, 9.17) is 4.74 Å².